The van der Waals surface area contributed by atoms with Crippen LogP contribution in [-0.2, 0) is 11.3 Å². The molecule has 0 saturated carbocycles. The van der Waals surface area contributed by atoms with Gasteiger partial charge in [-0.15, -0.1) is 0 Å². The van der Waals surface area contributed by atoms with Gasteiger partial charge in [0.2, 0.25) is 5.89 Å². The Hall–Kier alpha value is -1.63. The number of hydrogen-bond acceptors (Lipinski definition) is 6. The summed E-state index contributed by atoms with van der Waals surface area (Å²) >= 11 is 0. The fourth-order valence-electron chi connectivity index (χ4n) is 2.24. The van der Waals surface area contributed by atoms with Crippen LogP contribution in [0.5, 0.6) is 0 Å². The lowest BCUT2D eigenvalue weighted by Crippen LogP contribution is -2.46. The van der Waals surface area contributed by atoms with E-state index in [2.05, 4.69) is 15.5 Å². The Bertz CT molecular complexity index is 473. The average molecular weight is 296 g/mol. The van der Waals surface area contributed by atoms with Crippen LogP contribution in [0.1, 0.15) is 45.3 Å². The summed E-state index contributed by atoms with van der Waals surface area (Å²) in [7, 11) is 0. The fourth-order valence-corrected chi connectivity index (χ4v) is 2.24. The monoisotopic (exact) mass is 296 g/mol. The number of rotatable bonds is 3. The number of nitrogens with zero attached hydrogens (tertiary/aromatic N) is 3. The number of ether oxygens (including phenoxy) is 1. The highest BCUT2D eigenvalue weighted by Gasteiger charge is 2.26. The predicted molar refractivity (Wildman–Crippen MR) is 76.7 cm³/mol. The van der Waals surface area contributed by atoms with Gasteiger partial charge in [-0.25, -0.2) is 4.79 Å². The minimum absolute atomic E-state index is 0.227. The minimum Gasteiger partial charge on any atom is -0.444 e. The predicted octanol–water partition coefficient (Wildman–Crippen LogP) is 1.87. The van der Waals surface area contributed by atoms with E-state index in [4.69, 9.17) is 9.26 Å². The molecule has 7 heteroatoms. The zero-order valence-electron chi connectivity index (χ0n) is 13.2. The lowest BCUT2D eigenvalue weighted by Gasteiger charge is -2.33. The number of nitrogens with one attached hydrogen (secondary N) is 1. The second kappa shape index (κ2) is 6.43. The molecule has 1 fully saturated rings. The first-order valence-corrected chi connectivity index (χ1v) is 7.34. The highest BCUT2D eigenvalue weighted by molar-refractivity contribution is 5.68. The lowest BCUT2D eigenvalue weighted by molar-refractivity contribution is 0.0198. The van der Waals surface area contributed by atoms with Crippen molar-refractivity contribution in [2.75, 3.05) is 13.1 Å². The summed E-state index contributed by atoms with van der Waals surface area (Å²) in [5, 5.41) is 7.25. The van der Waals surface area contributed by atoms with E-state index in [9.17, 15) is 4.79 Å². The first-order chi connectivity index (χ1) is 9.83. The van der Waals surface area contributed by atoms with Gasteiger partial charge in [-0.3, -0.25) is 0 Å². The molecule has 0 bridgehead atoms. The van der Waals surface area contributed by atoms with Gasteiger partial charge >= 0.3 is 6.09 Å². The van der Waals surface area contributed by atoms with Crippen LogP contribution < -0.4 is 5.32 Å². The zero-order chi connectivity index (χ0) is 15.5. The van der Waals surface area contributed by atoms with Gasteiger partial charge in [-0.05, 0) is 33.6 Å². The van der Waals surface area contributed by atoms with Gasteiger partial charge in [-0.2, -0.15) is 4.98 Å². The third kappa shape index (κ3) is 5.00. The Morgan fingerprint density at radius 1 is 1.43 bits per heavy atom. The van der Waals surface area contributed by atoms with Crippen molar-refractivity contribution in [1.82, 2.24) is 20.4 Å². The summed E-state index contributed by atoms with van der Waals surface area (Å²) < 4.78 is 10.3. The lowest BCUT2D eigenvalue weighted by atomic mass is 10.1. The number of carbonyl (C=O) groups excluding carboxylic acids is 1. The quantitative estimate of drug-likeness (QED) is 0.917. The molecule has 1 aromatic heterocycles. The van der Waals surface area contributed by atoms with E-state index in [1.165, 1.54) is 0 Å². The van der Waals surface area contributed by atoms with E-state index in [1.54, 1.807) is 11.8 Å². The van der Waals surface area contributed by atoms with Crippen molar-refractivity contribution in [1.29, 1.82) is 0 Å². The Labute approximate surface area is 125 Å². The van der Waals surface area contributed by atoms with Gasteiger partial charge in [0.15, 0.2) is 5.82 Å². The van der Waals surface area contributed by atoms with Crippen molar-refractivity contribution >= 4 is 6.09 Å². The molecule has 1 amide bonds. The number of piperidine rings is 1. The van der Waals surface area contributed by atoms with Crippen molar-refractivity contribution in [3.8, 4) is 0 Å². The van der Waals surface area contributed by atoms with Gasteiger partial charge in [0, 0.05) is 26.1 Å². The normalized spacial score (nSPS) is 17.0. The molecule has 21 heavy (non-hydrogen) atoms. The molecule has 0 spiro atoms. The molecule has 1 aliphatic rings. The molecule has 2 rings (SSSR count). The highest BCUT2D eigenvalue weighted by Crippen LogP contribution is 2.15. The van der Waals surface area contributed by atoms with E-state index in [1.807, 2.05) is 20.8 Å². The second-order valence-corrected chi connectivity index (χ2v) is 6.35. The van der Waals surface area contributed by atoms with Crippen LogP contribution in [0, 0.1) is 6.92 Å². The Balaban J connectivity index is 1.72. The van der Waals surface area contributed by atoms with Crippen LogP contribution in [-0.4, -0.2) is 45.9 Å². The van der Waals surface area contributed by atoms with Crippen molar-refractivity contribution in [3.63, 3.8) is 0 Å². The van der Waals surface area contributed by atoms with Crippen molar-refractivity contribution in [2.45, 2.75) is 58.7 Å². The molecule has 0 aliphatic carbocycles. The molecule has 1 aromatic rings. The first kappa shape index (κ1) is 15.8. The topological polar surface area (TPSA) is 80.5 Å². The third-order valence-corrected chi connectivity index (χ3v) is 3.27. The van der Waals surface area contributed by atoms with E-state index in [-0.39, 0.29) is 6.09 Å². The minimum atomic E-state index is -0.442. The molecule has 0 radical (unpaired) electrons. The molecule has 0 atom stereocenters. The van der Waals surface area contributed by atoms with Crippen LogP contribution >= 0.6 is 0 Å². The molecule has 0 unspecified atom stereocenters. The maximum Gasteiger partial charge on any atom is 0.410 e. The third-order valence-electron chi connectivity index (χ3n) is 3.27. The summed E-state index contributed by atoms with van der Waals surface area (Å²) in [4.78, 5) is 17.9. The van der Waals surface area contributed by atoms with Gasteiger partial charge in [-0.1, -0.05) is 5.16 Å². The van der Waals surface area contributed by atoms with Crippen LogP contribution in [0.2, 0.25) is 0 Å². The number of likely N-dealkylation sites (tertiary alicyclic amines) is 1. The van der Waals surface area contributed by atoms with Gasteiger partial charge in [0.05, 0.1) is 6.54 Å². The highest BCUT2D eigenvalue weighted by atomic mass is 16.6. The maximum atomic E-state index is 12.0. The molecule has 7 nitrogen and oxygen atoms in total. The van der Waals surface area contributed by atoms with Crippen LogP contribution in [0.3, 0.4) is 0 Å². The largest absolute Gasteiger partial charge is 0.444 e. The number of aryl methyl sites for hydroxylation is 1. The van der Waals surface area contributed by atoms with Crippen LogP contribution in [0.4, 0.5) is 4.79 Å². The molecule has 118 valence electrons. The number of hydrogen-bond donors (Lipinski definition) is 1. The summed E-state index contributed by atoms with van der Waals surface area (Å²) in [6.07, 6.45) is 1.57. The van der Waals surface area contributed by atoms with Crippen LogP contribution in [0.25, 0.3) is 0 Å². The Morgan fingerprint density at radius 3 is 2.62 bits per heavy atom. The Kier molecular flexibility index (Phi) is 4.82. The summed E-state index contributed by atoms with van der Waals surface area (Å²) in [5.74, 6) is 1.24. The number of carbonyl (C=O) groups is 1. The average Bonchev–Trinajstić information content (AvgIpc) is 2.81. The molecular weight excluding hydrogens is 272 g/mol. The van der Waals surface area contributed by atoms with E-state index in [0.29, 0.717) is 37.4 Å². The van der Waals surface area contributed by atoms with Crippen molar-refractivity contribution < 1.29 is 14.1 Å². The molecular formula is C14H24N4O3. The standard InChI is InChI=1S/C14H24N4O3/c1-10-16-12(17-21-10)9-15-11-5-7-18(8-6-11)13(19)20-14(2,3)4/h11,15H,5-9H2,1-4H3. The summed E-state index contributed by atoms with van der Waals surface area (Å²) in [5.41, 5.74) is -0.442. The zero-order valence-corrected chi connectivity index (χ0v) is 13.2. The smallest absolute Gasteiger partial charge is 0.410 e. The fraction of sp³-hybridized carbons (Fsp3) is 0.786. The van der Waals surface area contributed by atoms with E-state index in [0.717, 1.165) is 12.8 Å². The molecule has 1 aliphatic heterocycles. The summed E-state index contributed by atoms with van der Waals surface area (Å²) in [6.45, 7) is 9.42. The second-order valence-electron chi connectivity index (χ2n) is 6.35. The SMILES string of the molecule is Cc1nc(CNC2CCN(C(=O)OC(C)(C)C)CC2)no1. The maximum absolute atomic E-state index is 12.0. The number of amides is 1. The van der Waals surface area contributed by atoms with Crippen molar-refractivity contribution in [3.05, 3.63) is 11.7 Å². The molecule has 0 aromatic carbocycles. The van der Waals surface area contributed by atoms with Gasteiger partial charge in [0.25, 0.3) is 0 Å². The first-order valence-electron chi connectivity index (χ1n) is 7.34. The molecule has 1 N–H and O–H groups in total. The van der Waals surface area contributed by atoms with Crippen LogP contribution in [0.15, 0.2) is 4.52 Å². The van der Waals surface area contributed by atoms with E-state index < -0.39 is 5.60 Å². The molecule has 1 saturated heterocycles. The number of aromatic nitrogens is 2. The van der Waals surface area contributed by atoms with Crippen molar-refractivity contribution in [2.24, 2.45) is 0 Å². The van der Waals surface area contributed by atoms with Gasteiger partial charge in [0.1, 0.15) is 5.60 Å². The van der Waals surface area contributed by atoms with E-state index >= 15 is 0 Å². The van der Waals surface area contributed by atoms with Gasteiger partial charge < -0.3 is 19.5 Å². The molecule has 2 heterocycles. The summed E-state index contributed by atoms with van der Waals surface area (Å²) in [6, 6.07) is 0.363. The Morgan fingerprint density at radius 2 is 2.10 bits per heavy atom.